The molecule has 148 valence electrons. The van der Waals surface area contributed by atoms with Crippen LogP contribution in [0.2, 0.25) is 0 Å². The maximum atomic E-state index is 13.3. The Hall–Kier alpha value is -2.01. The average Bonchev–Trinajstić information content (AvgIpc) is 2.67. The summed E-state index contributed by atoms with van der Waals surface area (Å²) in [6.45, 7) is 8.11. The number of hydrogen-bond donors (Lipinski definition) is 0. The molecular weight excluding hydrogens is 368 g/mol. The molecule has 1 aromatic heterocycles. The van der Waals surface area contributed by atoms with Crippen LogP contribution in [0.15, 0.2) is 46.1 Å². The maximum absolute atomic E-state index is 13.3. The minimum Gasteiger partial charge on any atom is -0.341 e. The van der Waals surface area contributed by atoms with Crippen molar-refractivity contribution in [3.05, 3.63) is 52.4 Å². The molecule has 28 heavy (non-hydrogen) atoms. The molecule has 2 unspecified atom stereocenters. The lowest BCUT2D eigenvalue weighted by atomic mass is 9.81. The van der Waals surface area contributed by atoms with Gasteiger partial charge in [-0.15, -0.1) is 11.8 Å². The number of carbonyl (C=O) groups excluding carboxylic acids is 1. The quantitative estimate of drug-likeness (QED) is 0.714. The number of hydrogen-bond acceptors (Lipinski definition) is 3. The summed E-state index contributed by atoms with van der Waals surface area (Å²) in [5.41, 5.74) is 2.55. The van der Waals surface area contributed by atoms with E-state index in [0.717, 1.165) is 29.8 Å². The highest BCUT2D eigenvalue weighted by Crippen LogP contribution is 2.37. The molecule has 1 saturated heterocycles. The Morgan fingerprint density at radius 1 is 1.04 bits per heavy atom. The number of pyridine rings is 1. The second kappa shape index (κ2) is 7.11. The highest BCUT2D eigenvalue weighted by Gasteiger charge is 2.39. The number of likely N-dealkylation sites (tertiary alicyclic amines) is 1. The summed E-state index contributed by atoms with van der Waals surface area (Å²) in [7, 11) is 0. The van der Waals surface area contributed by atoms with Gasteiger partial charge in [0, 0.05) is 47.1 Å². The van der Waals surface area contributed by atoms with Crippen LogP contribution >= 0.6 is 11.8 Å². The molecule has 2 aromatic rings. The molecule has 2 bridgehead atoms. The number of rotatable bonds is 2. The predicted octanol–water partition coefficient (Wildman–Crippen LogP) is 4.23. The van der Waals surface area contributed by atoms with Gasteiger partial charge in [0.1, 0.15) is 0 Å². The highest BCUT2D eigenvalue weighted by molar-refractivity contribution is 7.98. The van der Waals surface area contributed by atoms with Crippen LogP contribution in [0.4, 0.5) is 0 Å². The van der Waals surface area contributed by atoms with E-state index in [1.54, 1.807) is 11.8 Å². The third-order valence-electron chi connectivity index (χ3n) is 5.93. The Morgan fingerprint density at radius 2 is 1.75 bits per heavy atom. The molecule has 3 heterocycles. The van der Waals surface area contributed by atoms with Crippen molar-refractivity contribution in [2.45, 2.75) is 44.6 Å². The van der Waals surface area contributed by atoms with E-state index in [4.69, 9.17) is 0 Å². The van der Waals surface area contributed by atoms with E-state index in [1.807, 2.05) is 48.4 Å². The molecule has 0 saturated carbocycles. The van der Waals surface area contributed by atoms with Gasteiger partial charge in [-0.25, -0.2) is 0 Å². The minimum absolute atomic E-state index is 0.0969. The van der Waals surface area contributed by atoms with E-state index >= 15 is 0 Å². The Morgan fingerprint density at radius 3 is 2.39 bits per heavy atom. The lowest BCUT2D eigenvalue weighted by molar-refractivity contribution is -0.142. The van der Waals surface area contributed by atoms with Gasteiger partial charge >= 0.3 is 0 Å². The summed E-state index contributed by atoms with van der Waals surface area (Å²) in [5, 5.41) is 0. The number of thioether (sulfide) groups is 1. The molecule has 0 N–H and O–H groups in total. The molecule has 2 aliphatic heterocycles. The van der Waals surface area contributed by atoms with Crippen molar-refractivity contribution in [1.82, 2.24) is 9.47 Å². The second-order valence-electron chi connectivity index (χ2n) is 9.07. The van der Waals surface area contributed by atoms with Crippen molar-refractivity contribution in [3.8, 4) is 11.1 Å². The van der Waals surface area contributed by atoms with Crippen LogP contribution in [0, 0.1) is 11.3 Å². The molecule has 0 spiro atoms. The largest absolute Gasteiger partial charge is 0.341 e. The van der Waals surface area contributed by atoms with Gasteiger partial charge in [-0.1, -0.05) is 32.9 Å². The van der Waals surface area contributed by atoms with E-state index in [-0.39, 0.29) is 22.8 Å². The van der Waals surface area contributed by atoms with Gasteiger partial charge in [0.15, 0.2) is 0 Å². The molecule has 1 fully saturated rings. The standard InChI is InChI=1S/C23H28N2O2S/c1-23(2,3)22(27)24-12-15-11-17(14-24)20-10-9-19(21(26)25(20)13-15)16-5-7-18(28-4)8-6-16/h5-10,15,17H,11-14H2,1-4H3. The normalized spacial score (nSPS) is 21.4. The van der Waals surface area contributed by atoms with Gasteiger partial charge in [0.25, 0.3) is 5.56 Å². The van der Waals surface area contributed by atoms with Gasteiger partial charge in [0.2, 0.25) is 5.91 Å². The topological polar surface area (TPSA) is 42.3 Å². The smallest absolute Gasteiger partial charge is 0.258 e. The van der Waals surface area contributed by atoms with Crippen molar-refractivity contribution >= 4 is 17.7 Å². The third-order valence-corrected chi connectivity index (χ3v) is 6.68. The van der Waals surface area contributed by atoms with E-state index in [2.05, 4.69) is 24.5 Å². The first-order valence-corrected chi connectivity index (χ1v) is 11.2. The van der Waals surface area contributed by atoms with Crippen LogP contribution in [0.1, 0.15) is 38.8 Å². The second-order valence-corrected chi connectivity index (χ2v) is 9.95. The lowest BCUT2D eigenvalue weighted by Gasteiger charge is -2.44. The summed E-state index contributed by atoms with van der Waals surface area (Å²) < 4.78 is 1.97. The molecule has 2 atom stereocenters. The molecule has 4 nitrogen and oxygen atoms in total. The fourth-order valence-electron chi connectivity index (χ4n) is 4.58. The maximum Gasteiger partial charge on any atom is 0.258 e. The van der Waals surface area contributed by atoms with Crippen LogP contribution in [-0.4, -0.2) is 34.7 Å². The number of benzene rings is 1. The summed E-state index contributed by atoms with van der Waals surface area (Å²) in [6, 6.07) is 12.3. The van der Waals surface area contributed by atoms with Crippen molar-refractivity contribution < 1.29 is 4.79 Å². The predicted molar refractivity (Wildman–Crippen MR) is 115 cm³/mol. The number of fused-ring (bicyclic) bond motifs is 4. The van der Waals surface area contributed by atoms with Crippen molar-refractivity contribution in [3.63, 3.8) is 0 Å². The first kappa shape index (κ1) is 19.3. The van der Waals surface area contributed by atoms with E-state index in [9.17, 15) is 9.59 Å². The fraction of sp³-hybridized carbons (Fsp3) is 0.478. The SMILES string of the molecule is CSc1ccc(-c2ccc3n(c2=O)CC2CC3CN(C(=O)C(C)(C)C)C2)cc1. The molecule has 5 heteroatoms. The molecule has 2 aliphatic rings. The Balaban J connectivity index is 1.67. The van der Waals surface area contributed by atoms with Gasteiger partial charge in [-0.3, -0.25) is 9.59 Å². The van der Waals surface area contributed by atoms with E-state index < -0.39 is 0 Å². The van der Waals surface area contributed by atoms with Crippen LogP contribution in [-0.2, 0) is 11.3 Å². The van der Waals surface area contributed by atoms with Gasteiger partial charge in [0.05, 0.1) is 0 Å². The van der Waals surface area contributed by atoms with Crippen molar-refractivity contribution in [1.29, 1.82) is 0 Å². The monoisotopic (exact) mass is 396 g/mol. The lowest BCUT2D eigenvalue weighted by Crippen LogP contribution is -2.51. The average molecular weight is 397 g/mol. The molecule has 0 aliphatic carbocycles. The van der Waals surface area contributed by atoms with E-state index in [0.29, 0.717) is 19.0 Å². The molecule has 0 radical (unpaired) electrons. The van der Waals surface area contributed by atoms with Crippen LogP contribution in [0.5, 0.6) is 0 Å². The number of aromatic nitrogens is 1. The summed E-state index contributed by atoms with van der Waals surface area (Å²) >= 11 is 1.70. The molecule has 4 rings (SSSR count). The van der Waals surface area contributed by atoms with Crippen LogP contribution in [0.3, 0.4) is 0 Å². The van der Waals surface area contributed by atoms with Crippen LogP contribution in [0.25, 0.3) is 11.1 Å². The van der Waals surface area contributed by atoms with E-state index in [1.165, 1.54) is 4.90 Å². The number of carbonyl (C=O) groups is 1. The first-order chi connectivity index (χ1) is 13.3. The number of piperidine rings is 1. The summed E-state index contributed by atoms with van der Waals surface area (Å²) in [5.74, 6) is 0.812. The minimum atomic E-state index is -0.363. The highest BCUT2D eigenvalue weighted by atomic mass is 32.2. The van der Waals surface area contributed by atoms with Crippen LogP contribution < -0.4 is 5.56 Å². The zero-order chi connectivity index (χ0) is 20.1. The fourth-order valence-corrected chi connectivity index (χ4v) is 4.98. The van der Waals surface area contributed by atoms with Crippen molar-refractivity contribution in [2.75, 3.05) is 19.3 Å². The van der Waals surface area contributed by atoms with Gasteiger partial charge in [-0.05, 0) is 48.4 Å². The first-order valence-electron chi connectivity index (χ1n) is 9.95. The Bertz CT molecular complexity index is 956. The summed E-state index contributed by atoms with van der Waals surface area (Å²) in [4.78, 5) is 29.2. The number of nitrogens with zero attached hydrogens (tertiary/aromatic N) is 2. The zero-order valence-corrected chi connectivity index (χ0v) is 17.9. The summed E-state index contributed by atoms with van der Waals surface area (Å²) in [6.07, 6.45) is 3.12. The Kier molecular flexibility index (Phi) is 4.90. The number of amides is 1. The van der Waals surface area contributed by atoms with Gasteiger partial charge < -0.3 is 9.47 Å². The third kappa shape index (κ3) is 3.41. The van der Waals surface area contributed by atoms with Gasteiger partial charge in [-0.2, -0.15) is 0 Å². The zero-order valence-electron chi connectivity index (χ0n) is 17.1. The Labute approximate surface area is 170 Å². The molecular formula is C23H28N2O2S. The molecule has 1 amide bonds. The van der Waals surface area contributed by atoms with Crippen molar-refractivity contribution in [2.24, 2.45) is 11.3 Å². The molecule has 1 aromatic carbocycles.